The van der Waals surface area contributed by atoms with Gasteiger partial charge in [-0.25, -0.2) is 0 Å². The number of amides is 1. The number of fused-ring (bicyclic) bond motifs is 1. The largest absolute Gasteiger partial charge is 0.392 e. The fourth-order valence-corrected chi connectivity index (χ4v) is 6.84. The lowest BCUT2D eigenvalue weighted by molar-refractivity contribution is -0.418. The smallest absolute Gasteiger partial charge is 0.381 e. The van der Waals surface area contributed by atoms with Crippen LogP contribution >= 0.6 is 0 Å². The first-order valence-electron chi connectivity index (χ1n) is 15.2. The van der Waals surface area contributed by atoms with Crippen LogP contribution in [0.2, 0.25) is 0 Å². The minimum atomic E-state index is -4.39. The van der Waals surface area contributed by atoms with Gasteiger partial charge in [-0.2, -0.15) is 13.2 Å². The van der Waals surface area contributed by atoms with Crippen molar-refractivity contribution >= 4 is 5.91 Å². The van der Waals surface area contributed by atoms with Gasteiger partial charge in [0.1, 0.15) is 0 Å². The molecule has 1 amide bonds. The Hall–Kier alpha value is -2.66. The molecule has 0 spiro atoms. The van der Waals surface area contributed by atoms with Crippen LogP contribution in [-0.2, 0) is 4.79 Å². The number of hydrogen-bond donors (Lipinski definition) is 1. The summed E-state index contributed by atoms with van der Waals surface area (Å²) in [7, 11) is 0. The van der Waals surface area contributed by atoms with Gasteiger partial charge in [-0.1, -0.05) is 38.5 Å². The summed E-state index contributed by atoms with van der Waals surface area (Å²) in [6.07, 6.45) is 4.81. The fraction of sp³-hybridized carbons (Fsp3) is 0.710. The van der Waals surface area contributed by atoms with Gasteiger partial charge in [-0.3, -0.25) is 19.8 Å². The van der Waals surface area contributed by atoms with E-state index in [4.69, 9.17) is 0 Å². The Bertz CT molecular complexity index is 1100. The number of carbonyl (C=O) groups excluding carboxylic acids is 1. The van der Waals surface area contributed by atoms with Crippen LogP contribution < -0.4 is 5.32 Å². The molecule has 234 valence electrons. The molecule has 11 heteroatoms. The molecule has 4 aliphatic rings. The topological polar surface area (TPSA) is 82.0 Å². The highest BCUT2D eigenvalue weighted by Crippen LogP contribution is 2.38. The second-order valence-electron chi connectivity index (χ2n) is 13.4. The van der Waals surface area contributed by atoms with Gasteiger partial charge < -0.3 is 15.1 Å². The monoisotopic (exact) mass is 593 g/mol. The first-order valence-corrected chi connectivity index (χ1v) is 15.2. The molecular weight excluding hydrogens is 547 g/mol. The summed E-state index contributed by atoms with van der Waals surface area (Å²) >= 11 is 0. The second-order valence-corrected chi connectivity index (χ2v) is 13.4. The Labute approximate surface area is 247 Å². The number of nitro groups is 1. The highest BCUT2D eigenvalue weighted by Gasteiger charge is 2.42. The van der Waals surface area contributed by atoms with Crippen LogP contribution in [0.4, 0.5) is 13.2 Å². The van der Waals surface area contributed by atoms with Crippen molar-refractivity contribution in [2.75, 3.05) is 45.8 Å². The average molecular weight is 594 g/mol. The van der Waals surface area contributed by atoms with Crippen LogP contribution in [0.15, 0.2) is 47.9 Å². The number of rotatable bonds is 10. The van der Waals surface area contributed by atoms with Crippen LogP contribution in [0.3, 0.4) is 0 Å². The van der Waals surface area contributed by atoms with E-state index in [0.717, 1.165) is 51.3 Å². The lowest BCUT2D eigenvalue weighted by atomic mass is 9.79. The molecule has 0 aromatic carbocycles. The lowest BCUT2D eigenvalue weighted by Crippen LogP contribution is -2.39. The Balaban J connectivity index is 1.19. The Morgan fingerprint density at radius 1 is 1.12 bits per heavy atom. The normalized spacial score (nSPS) is 27.9. The zero-order valence-electron chi connectivity index (χ0n) is 25.2. The number of nitrogens with one attached hydrogen (secondary N) is 1. The molecule has 0 bridgehead atoms. The molecule has 0 aromatic rings. The van der Waals surface area contributed by atoms with E-state index in [-0.39, 0.29) is 23.1 Å². The van der Waals surface area contributed by atoms with Crippen LogP contribution in [0.25, 0.3) is 0 Å². The average Bonchev–Trinajstić information content (AvgIpc) is 3.63. The molecule has 3 unspecified atom stereocenters. The zero-order chi connectivity index (χ0) is 30.7. The number of allylic oxidation sites excluding steroid dienone is 4. The molecule has 4 atom stereocenters. The van der Waals surface area contributed by atoms with Crippen LogP contribution in [0.1, 0.15) is 59.3 Å². The Kier molecular flexibility index (Phi) is 10.2. The van der Waals surface area contributed by atoms with Gasteiger partial charge in [0.2, 0.25) is 5.91 Å². The molecule has 42 heavy (non-hydrogen) atoms. The van der Waals surface area contributed by atoms with Crippen molar-refractivity contribution in [2.24, 2.45) is 17.3 Å². The number of carbonyl (C=O) groups is 1. The van der Waals surface area contributed by atoms with Gasteiger partial charge >= 0.3 is 6.18 Å². The summed E-state index contributed by atoms with van der Waals surface area (Å²) in [5.41, 5.74) is 1.56. The first kappa shape index (κ1) is 32.3. The van der Waals surface area contributed by atoms with Gasteiger partial charge in [0, 0.05) is 76.1 Å². The Morgan fingerprint density at radius 2 is 1.81 bits per heavy atom. The molecule has 3 aliphatic heterocycles. The molecule has 3 saturated heterocycles. The van der Waals surface area contributed by atoms with Crippen molar-refractivity contribution in [3.8, 4) is 0 Å². The number of hydrogen-bond acceptors (Lipinski definition) is 6. The third-order valence-corrected chi connectivity index (χ3v) is 9.25. The van der Waals surface area contributed by atoms with Gasteiger partial charge in [-0.15, -0.1) is 0 Å². The molecule has 0 aromatic heterocycles. The minimum Gasteiger partial charge on any atom is -0.381 e. The highest BCUT2D eigenvalue weighted by atomic mass is 19.4. The quantitative estimate of drug-likeness (QED) is 0.164. The van der Waals surface area contributed by atoms with Gasteiger partial charge in [0.25, 0.3) is 5.70 Å². The maximum Gasteiger partial charge on any atom is 0.392 e. The molecule has 1 N–H and O–H groups in total. The zero-order valence-corrected chi connectivity index (χ0v) is 25.2. The van der Waals surface area contributed by atoms with Crippen molar-refractivity contribution in [3.63, 3.8) is 0 Å². The SMILES string of the molecule is C=C(/C=C\C(=C/CC(F)(F)F)N[C@@H]1CCN(C(=O)CCN2CC3CN(C4CC=C(C(C)(C)C)CC4)CC3C2)C1)[N+](=O)[O-]. The van der Waals surface area contributed by atoms with E-state index in [0.29, 0.717) is 43.8 Å². The van der Waals surface area contributed by atoms with Crippen LogP contribution in [0.5, 0.6) is 0 Å². The molecule has 3 fully saturated rings. The summed E-state index contributed by atoms with van der Waals surface area (Å²) in [6.45, 7) is 16.2. The summed E-state index contributed by atoms with van der Waals surface area (Å²) in [5, 5.41) is 13.8. The fourth-order valence-electron chi connectivity index (χ4n) is 6.84. The Morgan fingerprint density at radius 3 is 2.38 bits per heavy atom. The molecular formula is C31H46F3N5O3. The molecule has 3 heterocycles. The van der Waals surface area contributed by atoms with Crippen molar-refractivity contribution in [1.29, 1.82) is 0 Å². The van der Waals surface area contributed by atoms with Crippen molar-refractivity contribution in [1.82, 2.24) is 20.0 Å². The van der Waals surface area contributed by atoms with Crippen molar-refractivity contribution in [3.05, 3.63) is 58.0 Å². The third kappa shape index (κ3) is 8.92. The number of likely N-dealkylation sites (tertiary alicyclic amines) is 3. The molecule has 0 radical (unpaired) electrons. The van der Waals surface area contributed by atoms with E-state index >= 15 is 0 Å². The van der Waals surface area contributed by atoms with Crippen molar-refractivity contribution < 1.29 is 22.9 Å². The second kappa shape index (κ2) is 13.3. The third-order valence-electron chi connectivity index (χ3n) is 9.25. The lowest BCUT2D eigenvalue weighted by Gasteiger charge is -2.35. The first-order chi connectivity index (χ1) is 19.7. The number of halogens is 3. The molecule has 8 nitrogen and oxygen atoms in total. The standard InChI is InChI=1S/C31H46F3N5O3/c1-22(39(41)42)5-8-26(11-14-31(32,33)34)35-27-12-16-37(21-27)29(40)13-15-36-17-23-19-38(20-24(23)18-36)28-9-6-25(7-10-28)30(2,3)4/h5-6,8,11,23-24,27-28,35H,1,7,9-10,12-21H2,2-4H3/b8-5-,26-11+/t23?,24?,27-,28?/m1/s1. The van der Waals surface area contributed by atoms with Crippen molar-refractivity contribution in [2.45, 2.75) is 77.6 Å². The van der Waals surface area contributed by atoms with Crippen LogP contribution in [-0.4, -0.2) is 89.6 Å². The van der Waals surface area contributed by atoms with E-state index < -0.39 is 23.2 Å². The molecule has 1 aliphatic carbocycles. The predicted octanol–water partition coefficient (Wildman–Crippen LogP) is 5.14. The highest BCUT2D eigenvalue weighted by molar-refractivity contribution is 5.76. The maximum atomic E-state index is 13.0. The van der Waals surface area contributed by atoms with Crippen LogP contribution in [0, 0.1) is 27.4 Å². The summed E-state index contributed by atoms with van der Waals surface area (Å²) in [4.78, 5) is 30.0. The van der Waals surface area contributed by atoms with Gasteiger partial charge in [-0.05, 0) is 55.6 Å². The maximum absolute atomic E-state index is 13.0. The van der Waals surface area contributed by atoms with E-state index in [1.54, 1.807) is 10.5 Å². The number of alkyl halides is 3. The summed E-state index contributed by atoms with van der Waals surface area (Å²) < 4.78 is 38.3. The van der Waals surface area contributed by atoms with E-state index in [9.17, 15) is 28.1 Å². The summed E-state index contributed by atoms with van der Waals surface area (Å²) in [6, 6.07) is 0.424. The van der Waals surface area contributed by atoms with Gasteiger partial charge in [0.15, 0.2) is 0 Å². The van der Waals surface area contributed by atoms with Gasteiger partial charge in [0.05, 0.1) is 11.3 Å². The predicted molar refractivity (Wildman–Crippen MR) is 157 cm³/mol. The minimum absolute atomic E-state index is 0.0553. The molecule has 0 saturated carbocycles. The number of nitrogens with zero attached hydrogens (tertiary/aromatic N) is 4. The molecule has 4 rings (SSSR count). The summed E-state index contributed by atoms with van der Waals surface area (Å²) in [5.74, 6) is 1.38. The van der Waals surface area contributed by atoms with E-state index in [1.165, 1.54) is 18.9 Å². The van der Waals surface area contributed by atoms with E-state index in [1.807, 2.05) is 0 Å². The van der Waals surface area contributed by atoms with E-state index in [2.05, 4.69) is 48.5 Å².